The molecule has 2 aromatic rings. The highest BCUT2D eigenvalue weighted by atomic mass is 32.2. The van der Waals surface area contributed by atoms with Crippen molar-refractivity contribution in [3.8, 4) is 0 Å². The predicted molar refractivity (Wildman–Crippen MR) is 109 cm³/mol. The molecule has 0 aromatic heterocycles. The van der Waals surface area contributed by atoms with Gasteiger partial charge in [0.15, 0.2) is 9.84 Å². The van der Waals surface area contributed by atoms with Crippen molar-refractivity contribution < 1.29 is 22.7 Å². The standard InChI is InChI=1S/C21H22N2O5S/c24-20(15-8-10-17(11-9-15)23-12-13-28-21(23)25)22-16-4-3-7-19(14-16)29(26,27)18-5-1-2-6-18/h3-4,7-11,14,18H,1-2,5-6,12-13H2,(H,22,24). The van der Waals surface area contributed by atoms with Gasteiger partial charge < -0.3 is 10.1 Å². The molecule has 29 heavy (non-hydrogen) atoms. The van der Waals surface area contributed by atoms with Crippen LogP contribution < -0.4 is 10.2 Å². The molecule has 0 bridgehead atoms. The Kier molecular flexibility index (Phi) is 5.27. The van der Waals surface area contributed by atoms with Gasteiger partial charge in [0.05, 0.1) is 16.7 Å². The van der Waals surface area contributed by atoms with Gasteiger partial charge >= 0.3 is 6.09 Å². The second kappa shape index (κ2) is 7.87. The van der Waals surface area contributed by atoms with E-state index in [1.54, 1.807) is 42.5 Å². The van der Waals surface area contributed by atoms with Crippen molar-refractivity contribution >= 4 is 33.2 Å². The molecule has 1 heterocycles. The third kappa shape index (κ3) is 3.98. The summed E-state index contributed by atoms with van der Waals surface area (Å²) in [4.78, 5) is 25.9. The van der Waals surface area contributed by atoms with Gasteiger partial charge in [-0.3, -0.25) is 9.69 Å². The van der Waals surface area contributed by atoms with Gasteiger partial charge in [-0.1, -0.05) is 18.9 Å². The largest absolute Gasteiger partial charge is 0.447 e. The van der Waals surface area contributed by atoms with E-state index in [2.05, 4.69) is 5.32 Å². The molecule has 0 unspecified atom stereocenters. The van der Waals surface area contributed by atoms with E-state index in [4.69, 9.17) is 4.74 Å². The lowest BCUT2D eigenvalue weighted by Gasteiger charge is -2.14. The van der Waals surface area contributed by atoms with Gasteiger partial charge in [-0.15, -0.1) is 0 Å². The summed E-state index contributed by atoms with van der Waals surface area (Å²) in [6.45, 7) is 0.827. The maximum Gasteiger partial charge on any atom is 0.414 e. The first kappa shape index (κ1) is 19.4. The summed E-state index contributed by atoms with van der Waals surface area (Å²) < 4.78 is 30.5. The minimum atomic E-state index is -3.38. The average molecular weight is 414 g/mol. The molecule has 2 fully saturated rings. The Morgan fingerprint density at radius 1 is 1.07 bits per heavy atom. The fourth-order valence-electron chi connectivity index (χ4n) is 3.77. The molecule has 8 heteroatoms. The molecule has 2 amide bonds. The van der Waals surface area contributed by atoms with Gasteiger partial charge in [0.25, 0.3) is 5.91 Å². The van der Waals surface area contributed by atoms with Gasteiger partial charge in [0.2, 0.25) is 0 Å². The molecule has 4 rings (SSSR count). The first-order chi connectivity index (χ1) is 13.9. The number of cyclic esters (lactones) is 1. The van der Waals surface area contributed by atoms with Crippen molar-refractivity contribution in [2.45, 2.75) is 35.8 Å². The van der Waals surface area contributed by atoms with Crippen LogP contribution in [0, 0.1) is 0 Å². The van der Waals surface area contributed by atoms with Crippen LogP contribution in [0.3, 0.4) is 0 Å². The number of anilines is 2. The van der Waals surface area contributed by atoms with E-state index in [9.17, 15) is 18.0 Å². The number of benzene rings is 2. The van der Waals surface area contributed by atoms with Crippen molar-refractivity contribution in [1.82, 2.24) is 0 Å². The summed E-state index contributed by atoms with van der Waals surface area (Å²) in [6.07, 6.45) is 2.85. The molecule has 0 atom stereocenters. The second-order valence-corrected chi connectivity index (χ2v) is 9.47. The molecular weight excluding hydrogens is 392 g/mol. The number of sulfone groups is 1. The van der Waals surface area contributed by atoms with Crippen molar-refractivity contribution in [2.24, 2.45) is 0 Å². The Labute approximate surface area is 169 Å². The van der Waals surface area contributed by atoms with E-state index in [0.717, 1.165) is 12.8 Å². The lowest BCUT2D eigenvalue weighted by molar-refractivity contribution is 0.102. The molecule has 2 aliphatic rings. The van der Waals surface area contributed by atoms with Gasteiger partial charge in [-0.05, 0) is 55.3 Å². The smallest absolute Gasteiger partial charge is 0.414 e. The minimum absolute atomic E-state index is 0.241. The molecule has 7 nitrogen and oxygen atoms in total. The van der Waals surface area contributed by atoms with Crippen LogP contribution in [-0.4, -0.2) is 38.8 Å². The normalized spacial score (nSPS) is 17.4. The number of ether oxygens (including phenoxy) is 1. The Bertz CT molecular complexity index is 1030. The number of nitrogens with one attached hydrogen (secondary N) is 1. The van der Waals surface area contributed by atoms with Gasteiger partial charge in [0, 0.05) is 16.9 Å². The quantitative estimate of drug-likeness (QED) is 0.807. The number of hydrogen-bond donors (Lipinski definition) is 1. The van der Waals surface area contributed by atoms with Crippen LogP contribution in [-0.2, 0) is 14.6 Å². The number of amides is 2. The monoisotopic (exact) mass is 414 g/mol. The zero-order valence-corrected chi connectivity index (χ0v) is 16.7. The molecule has 152 valence electrons. The summed E-state index contributed by atoms with van der Waals surface area (Å²) in [5.41, 5.74) is 1.50. The molecule has 1 aliphatic carbocycles. The van der Waals surface area contributed by atoms with Crippen LogP contribution >= 0.6 is 0 Å². The zero-order valence-electron chi connectivity index (χ0n) is 15.8. The summed E-state index contributed by atoms with van der Waals surface area (Å²) in [5.74, 6) is -0.351. The van der Waals surface area contributed by atoms with Crippen LogP contribution in [0.4, 0.5) is 16.2 Å². The highest BCUT2D eigenvalue weighted by Crippen LogP contribution is 2.30. The van der Waals surface area contributed by atoms with Crippen LogP contribution in [0.25, 0.3) is 0 Å². The van der Waals surface area contributed by atoms with Crippen molar-refractivity contribution in [3.05, 3.63) is 54.1 Å². The Morgan fingerprint density at radius 3 is 2.45 bits per heavy atom. The Hall–Kier alpha value is -2.87. The summed E-state index contributed by atoms with van der Waals surface area (Å²) in [6, 6.07) is 13.0. The van der Waals surface area contributed by atoms with Crippen molar-refractivity contribution in [1.29, 1.82) is 0 Å². The molecule has 1 saturated heterocycles. The Balaban J connectivity index is 1.48. The van der Waals surface area contributed by atoms with E-state index in [0.29, 0.717) is 42.9 Å². The molecule has 0 spiro atoms. The van der Waals surface area contributed by atoms with Crippen LogP contribution in [0.2, 0.25) is 0 Å². The predicted octanol–water partition coefficient (Wildman–Crippen LogP) is 3.61. The van der Waals surface area contributed by atoms with Gasteiger partial charge in [0.1, 0.15) is 6.61 Å². The van der Waals surface area contributed by atoms with E-state index in [-0.39, 0.29) is 16.1 Å². The third-order valence-electron chi connectivity index (χ3n) is 5.36. The molecule has 1 N–H and O–H groups in total. The van der Waals surface area contributed by atoms with Crippen molar-refractivity contribution in [3.63, 3.8) is 0 Å². The topological polar surface area (TPSA) is 92.8 Å². The summed E-state index contributed by atoms with van der Waals surface area (Å²) >= 11 is 0. The maximum absolute atomic E-state index is 12.8. The first-order valence-electron chi connectivity index (χ1n) is 9.65. The SMILES string of the molecule is O=C(Nc1cccc(S(=O)(=O)C2CCCC2)c1)c1ccc(N2CCOC2=O)cc1. The summed E-state index contributed by atoms with van der Waals surface area (Å²) in [7, 11) is -3.38. The minimum Gasteiger partial charge on any atom is -0.447 e. The fourth-order valence-corrected chi connectivity index (χ4v) is 5.66. The molecule has 2 aromatic carbocycles. The maximum atomic E-state index is 12.8. The van der Waals surface area contributed by atoms with Crippen LogP contribution in [0.5, 0.6) is 0 Å². The third-order valence-corrected chi connectivity index (χ3v) is 7.62. The molecule has 0 radical (unpaired) electrons. The average Bonchev–Trinajstić information content (AvgIpc) is 3.40. The second-order valence-electron chi connectivity index (χ2n) is 7.25. The van der Waals surface area contributed by atoms with Crippen molar-refractivity contribution in [2.75, 3.05) is 23.4 Å². The highest BCUT2D eigenvalue weighted by molar-refractivity contribution is 7.92. The van der Waals surface area contributed by atoms with Gasteiger partial charge in [-0.25, -0.2) is 13.2 Å². The molecule has 1 aliphatic heterocycles. The number of rotatable bonds is 5. The van der Waals surface area contributed by atoms with E-state index < -0.39 is 15.9 Å². The molecule has 1 saturated carbocycles. The van der Waals surface area contributed by atoms with Crippen LogP contribution in [0.15, 0.2) is 53.4 Å². The van der Waals surface area contributed by atoms with E-state index in [1.807, 2.05) is 0 Å². The highest BCUT2D eigenvalue weighted by Gasteiger charge is 2.30. The number of carbonyl (C=O) groups is 2. The van der Waals surface area contributed by atoms with E-state index >= 15 is 0 Å². The number of carbonyl (C=O) groups excluding carboxylic acids is 2. The van der Waals surface area contributed by atoms with Gasteiger partial charge in [-0.2, -0.15) is 0 Å². The van der Waals surface area contributed by atoms with Crippen LogP contribution in [0.1, 0.15) is 36.0 Å². The molecular formula is C21H22N2O5S. The van der Waals surface area contributed by atoms with E-state index in [1.165, 1.54) is 11.0 Å². The number of hydrogen-bond acceptors (Lipinski definition) is 5. The lowest BCUT2D eigenvalue weighted by Crippen LogP contribution is -2.23. The number of nitrogens with zero attached hydrogens (tertiary/aromatic N) is 1. The Morgan fingerprint density at radius 2 is 1.79 bits per heavy atom. The fraction of sp³-hybridized carbons (Fsp3) is 0.333. The first-order valence-corrected chi connectivity index (χ1v) is 11.2. The zero-order chi connectivity index (χ0) is 20.4. The summed E-state index contributed by atoms with van der Waals surface area (Å²) in [5, 5.41) is 2.42. The lowest BCUT2D eigenvalue weighted by atomic mass is 10.1.